The molecule has 0 aliphatic heterocycles. The molecule has 1 aliphatic rings. The van der Waals surface area contributed by atoms with Gasteiger partial charge in [-0.25, -0.2) is 17.9 Å². The van der Waals surface area contributed by atoms with Crippen LogP contribution in [0.3, 0.4) is 0 Å². The lowest BCUT2D eigenvalue weighted by molar-refractivity contribution is 0.0692. The van der Waals surface area contributed by atoms with Crippen LogP contribution in [0.1, 0.15) is 36.5 Å². The van der Waals surface area contributed by atoms with Crippen molar-refractivity contribution >= 4 is 21.7 Å². The van der Waals surface area contributed by atoms with Crippen LogP contribution in [0.5, 0.6) is 0 Å². The molecule has 1 saturated carbocycles. The Morgan fingerprint density at radius 1 is 1.42 bits per heavy atom. The van der Waals surface area contributed by atoms with E-state index in [1.54, 1.807) is 6.92 Å². The minimum Gasteiger partial charge on any atom is -0.478 e. The molecule has 1 aliphatic carbocycles. The van der Waals surface area contributed by atoms with Gasteiger partial charge in [0.25, 0.3) is 0 Å². The number of hydrogen-bond donors (Lipinski definition) is 3. The van der Waals surface area contributed by atoms with Crippen molar-refractivity contribution in [3.05, 3.63) is 23.8 Å². The lowest BCUT2D eigenvalue weighted by Gasteiger charge is -2.38. The Morgan fingerprint density at radius 2 is 2.05 bits per heavy atom. The van der Waals surface area contributed by atoms with Gasteiger partial charge in [0.2, 0.25) is 10.0 Å². The molecule has 0 saturated heterocycles. The average molecular weight is 284 g/mol. The number of carboxylic acid groups (broad SMARTS) is 1. The lowest BCUT2D eigenvalue weighted by atomic mass is 9.80. The highest BCUT2D eigenvalue weighted by atomic mass is 32.2. The molecular weight excluding hydrogens is 268 g/mol. The Kier molecular flexibility index (Phi) is 3.27. The highest BCUT2D eigenvalue weighted by molar-refractivity contribution is 7.89. The highest BCUT2D eigenvalue weighted by Crippen LogP contribution is 2.33. The summed E-state index contributed by atoms with van der Waals surface area (Å²) in [4.78, 5) is 10.8. The quantitative estimate of drug-likeness (QED) is 0.719. The van der Waals surface area contributed by atoms with Gasteiger partial charge in [0.15, 0.2) is 0 Å². The summed E-state index contributed by atoms with van der Waals surface area (Å²) in [6.07, 6.45) is 2.45. The summed E-state index contributed by atoms with van der Waals surface area (Å²) < 4.78 is 27.1. The maximum Gasteiger partial charge on any atom is 0.337 e. The summed E-state index contributed by atoms with van der Waals surface area (Å²) in [5.74, 6) is -1.29. The molecule has 0 aromatic heterocycles. The Balaban J connectivity index is 2.44. The molecule has 0 heterocycles. The molecule has 6 nitrogen and oxygen atoms in total. The van der Waals surface area contributed by atoms with Crippen LogP contribution >= 0.6 is 0 Å². The monoisotopic (exact) mass is 284 g/mol. The van der Waals surface area contributed by atoms with Gasteiger partial charge in [0.1, 0.15) is 0 Å². The van der Waals surface area contributed by atoms with Gasteiger partial charge >= 0.3 is 5.97 Å². The van der Waals surface area contributed by atoms with Crippen LogP contribution in [0.15, 0.2) is 23.1 Å². The first-order valence-corrected chi connectivity index (χ1v) is 7.39. The van der Waals surface area contributed by atoms with E-state index in [1.807, 2.05) is 0 Å². The topological polar surface area (TPSA) is 109 Å². The number of rotatable bonds is 4. The van der Waals surface area contributed by atoms with Gasteiger partial charge in [0, 0.05) is 11.2 Å². The summed E-state index contributed by atoms with van der Waals surface area (Å²) in [6.45, 7) is 1.81. The molecule has 104 valence electrons. The number of anilines is 1. The Bertz CT molecular complexity index is 621. The molecule has 0 atom stereocenters. The fraction of sp³-hybridized carbons (Fsp3) is 0.417. The van der Waals surface area contributed by atoms with E-state index in [4.69, 9.17) is 10.8 Å². The summed E-state index contributed by atoms with van der Waals surface area (Å²) in [6, 6.07) is 3.75. The van der Waals surface area contributed by atoms with E-state index in [9.17, 15) is 13.2 Å². The van der Waals surface area contributed by atoms with Crippen LogP contribution in [0.2, 0.25) is 0 Å². The zero-order valence-electron chi connectivity index (χ0n) is 10.5. The predicted molar refractivity (Wildman–Crippen MR) is 70.4 cm³/mol. The Labute approximate surface area is 111 Å². The third-order valence-electron chi connectivity index (χ3n) is 3.36. The first kappa shape index (κ1) is 13.8. The van der Waals surface area contributed by atoms with Crippen molar-refractivity contribution in [2.75, 3.05) is 5.73 Å². The van der Waals surface area contributed by atoms with Crippen molar-refractivity contribution in [1.29, 1.82) is 0 Å². The molecule has 0 bridgehead atoms. The first-order chi connectivity index (χ1) is 8.73. The number of carbonyl (C=O) groups is 1. The zero-order valence-corrected chi connectivity index (χ0v) is 11.3. The fourth-order valence-electron chi connectivity index (χ4n) is 2.13. The first-order valence-electron chi connectivity index (χ1n) is 5.90. The van der Waals surface area contributed by atoms with E-state index < -0.39 is 21.5 Å². The molecule has 1 aromatic rings. The molecule has 0 radical (unpaired) electrons. The Morgan fingerprint density at radius 3 is 2.53 bits per heavy atom. The average Bonchev–Trinajstić information content (AvgIpc) is 2.26. The number of sulfonamides is 1. The number of hydrogen-bond acceptors (Lipinski definition) is 4. The van der Waals surface area contributed by atoms with Crippen LogP contribution < -0.4 is 10.5 Å². The number of nitrogen functional groups attached to an aromatic ring is 1. The third kappa shape index (κ3) is 2.71. The van der Waals surface area contributed by atoms with Crippen LogP contribution in [0.25, 0.3) is 0 Å². The molecule has 7 heteroatoms. The second-order valence-corrected chi connectivity index (χ2v) is 6.73. The largest absolute Gasteiger partial charge is 0.478 e. The fourth-order valence-corrected chi connectivity index (χ4v) is 3.83. The SMILES string of the molecule is CC1(NS(=O)(=O)c2cc(N)ccc2C(=O)O)CCC1. The maximum atomic E-state index is 12.3. The lowest BCUT2D eigenvalue weighted by Crippen LogP contribution is -2.50. The van der Waals surface area contributed by atoms with Crippen molar-refractivity contribution in [2.45, 2.75) is 36.6 Å². The molecule has 1 aromatic carbocycles. The van der Waals surface area contributed by atoms with Gasteiger partial charge in [-0.1, -0.05) is 0 Å². The van der Waals surface area contributed by atoms with Crippen LogP contribution in [0.4, 0.5) is 5.69 Å². The second-order valence-electron chi connectivity index (χ2n) is 5.08. The van der Waals surface area contributed by atoms with E-state index in [1.165, 1.54) is 18.2 Å². The van der Waals surface area contributed by atoms with Crippen LogP contribution in [-0.4, -0.2) is 25.0 Å². The van der Waals surface area contributed by atoms with Gasteiger partial charge in [-0.15, -0.1) is 0 Å². The van der Waals surface area contributed by atoms with Crippen molar-refractivity contribution in [2.24, 2.45) is 0 Å². The van der Waals surface area contributed by atoms with E-state index in [-0.39, 0.29) is 16.1 Å². The maximum absolute atomic E-state index is 12.3. The van der Waals surface area contributed by atoms with Crippen LogP contribution in [-0.2, 0) is 10.0 Å². The summed E-state index contributed by atoms with van der Waals surface area (Å²) in [7, 11) is -3.89. The zero-order chi connectivity index (χ0) is 14.3. The molecule has 0 amide bonds. The normalized spacial score (nSPS) is 17.7. The standard InChI is InChI=1S/C12H16N2O4S/c1-12(5-2-6-12)14-19(17,18)10-7-8(13)3-4-9(10)11(15)16/h3-4,7,14H,2,5-6,13H2,1H3,(H,15,16). The highest BCUT2D eigenvalue weighted by Gasteiger charge is 2.37. The molecule has 4 N–H and O–H groups in total. The minimum absolute atomic E-state index is 0.212. The van der Waals surface area contributed by atoms with Gasteiger partial charge in [-0.3, -0.25) is 0 Å². The van der Waals surface area contributed by atoms with Gasteiger partial charge in [-0.2, -0.15) is 0 Å². The molecule has 0 spiro atoms. The number of nitrogens with one attached hydrogen (secondary N) is 1. The van der Waals surface area contributed by atoms with Gasteiger partial charge in [0.05, 0.1) is 10.5 Å². The van der Waals surface area contributed by atoms with Gasteiger partial charge < -0.3 is 10.8 Å². The van der Waals surface area contributed by atoms with Crippen molar-refractivity contribution in [1.82, 2.24) is 4.72 Å². The smallest absolute Gasteiger partial charge is 0.337 e. The molecule has 1 fully saturated rings. The van der Waals surface area contributed by atoms with E-state index in [2.05, 4.69) is 4.72 Å². The summed E-state index contributed by atoms with van der Waals surface area (Å²) in [5, 5.41) is 9.06. The van der Waals surface area contributed by atoms with Crippen LogP contribution in [0, 0.1) is 0 Å². The predicted octanol–water partition coefficient (Wildman–Crippen LogP) is 1.19. The summed E-state index contributed by atoms with van der Waals surface area (Å²) >= 11 is 0. The summed E-state index contributed by atoms with van der Waals surface area (Å²) in [5.41, 5.74) is 5.00. The van der Waals surface area contributed by atoms with Gasteiger partial charge in [-0.05, 0) is 44.4 Å². The number of nitrogens with two attached hydrogens (primary N) is 1. The third-order valence-corrected chi connectivity index (χ3v) is 5.04. The molecule has 2 rings (SSSR count). The van der Waals surface area contributed by atoms with E-state index >= 15 is 0 Å². The number of carboxylic acids is 1. The minimum atomic E-state index is -3.89. The molecule has 19 heavy (non-hydrogen) atoms. The molecular formula is C12H16N2O4S. The Hall–Kier alpha value is -1.60. The van der Waals surface area contributed by atoms with E-state index in [0.29, 0.717) is 0 Å². The van der Waals surface area contributed by atoms with Crippen molar-refractivity contribution < 1.29 is 18.3 Å². The second kappa shape index (κ2) is 4.50. The molecule has 0 unspecified atom stereocenters. The van der Waals surface area contributed by atoms with Crippen molar-refractivity contribution in [3.63, 3.8) is 0 Å². The number of benzene rings is 1. The van der Waals surface area contributed by atoms with E-state index in [0.717, 1.165) is 19.3 Å². The van der Waals surface area contributed by atoms with Crippen molar-refractivity contribution in [3.8, 4) is 0 Å². The number of aromatic carboxylic acids is 1.